The maximum absolute atomic E-state index is 5.66. The van der Waals surface area contributed by atoms with Gasteiger partial charge in [-0.3, -0.25) is 5.10 Å². The Morgan fingerprint density at radius 1 is 1.25 bits per heavy atom. The predicted molar refractivity (Wildman–Crippen MR) is 88.5 cm³/mol. The molecule has 0 aromatic carbocycles. The second kappa shape index (κ2) is 6.09. The van der Waals surface area contributed by atoms with Gasteiger partial charge < -0.3 is 9.47 Å². The van der Waals surface area contributed by atoms with Gasteiger partial charge in [-0.05, 0) is 19.4 Å². The summed E-state index contributed by atoms with van der Waals surface area (Å²) in [6, 6.07) is 2.05. The summed E-state index contributed by atoms with van der Waals surface area (Å²) in [7, 11) is 1.63. The number of fused-ring (bicyclic) bond motifs is 1. The van der Waals surface area contributed by atoms with E-state index in [-0.39, 0.29) is 0 Å². The van der Waals surface area contributed by atoms with Crippen LogP contribution in [-0.4, -0.2) is 45.3 Å². The Labute approximate surface area is 139 Å². The first-order valence-corrected chi connectivity index (χ1v) is 7.96. The highest BCUT2D eigenvalue weighted by Crippen LogP contribution is 2.30. The zero-order valence-electron chi connectivity index (χ0n) is 13.7. The minimum atomic E-state index is 0.635. The number of pyridine rings is 1. The predicted octanol–water partition coefficient (Wildman–Crippen LogP) is 2.09. The fourth-order valence-corrected chi connectivity index (χ4v) is 3.15. The van der Waals surface area contributed by atoms with Crippen molar-refractivity contribution in [1.29, 1.82) is 0 Å². The van der Waals surface area contributed by atoms with Crippen molar-refractivity contribution in [3.63, 3.8) is 0 Å². The van der Waals surface area contributed by atoms with Gasteiger partial charge in [0.1, 0.15) is 0 Å². The van der Waals surface area contributed by atoms with E-state index in [1.807, 2.05) is 23.9 Å². The lowest BCUT2D eigenvalue weighted by Gasteiger charge is -2.09. The van der Waals surface area contributed by atoms with Crippen molar-refractivity contribution in [3.05, 3.63) is 41.5 Å². The number of nitrogens with zero attached hydrogens (tertiary/aromatic N) is 4. The van der Waals surface area contributed by atoms with Crippen LogP contribution in [0, 0.1) is 6.92 Å². The molecule has 1 N–H and O–H groups in total. The number of hydrogen-bond donors (Lipinski definition) is 1. The summed E-state index contributed by atoms with van der Waals surface area (Å²) < 4.78 is 12.9. The summed E-state index contributed by atoms with van der Waals surface area (Å²) in [5.41, 5.74) is 6.26. The molecule has 0 bridgehead atoms. The average molecular weight is 325 g/mol. The highest BCUT2D eigenvalue weighted by atomic mass is 16.5. The van der Waals surface area contributed by atoms with Crippen molar-refractivity contribution in [2.75, 3.05) is 20.3 Å². The zero-order chi connectivity index (χ0) is 16.5. The molecule has 4 rings (SSSR count). The van der Waals surface area contributed by atoms with Crippen molar-refractivity contribution in [2.24, 2.45) is 0 Å². The number of methoxy groups -OCH3 is 1. The minimum Gasteiger partial charge on any atom is -0.481 e. The van der Waals surface area contributed by atoms with E-state index in [1.165, 1.54) is 11.3 Å². The molecule has 0 aliphatic carbocycles. The van der Waals surface area contributed by atoms with Crippen LogP contribution in [0.4, 0.5) is 0 Å². The number of H-pyrrole nitrogens is 1. The molecule has 0 saturated heterocycles. The highest BCUT2D eigenvalue weighted by Gasteiger charge is 2.22. The number of nitrogens with one attached hydrogen (secondary N) is 1. The van der Waals surface area contributed by atoms with Crippen molar-refractivity contribution < 1.29 is 9.47 Å². The van der Waals surface area contributed by atoms with Gasteiger partial charge in [-0.1, -0.05) is 0 Å². The van der Waals surface area contributed by atoms with Crippen LogP contribution in [-0.2, 0) is 17.6 Å². The first-order chi connectivity index (χ1) is 11.8. The van der Waals surface area contributed by atoms with Crippen LogP contribution in [0.15, 0.2) is 24.7 Å². The van der Waals surface area contributed by atoms with Crippen LogP contribution >= 0.6 is 0 Å². The molecular formula is C17H19N5O2. The molecule has 4 heterocycles. The molecular weight excluding hydrogens is 306 g/mol. The second-order valence-corrected chi connectivity index (χ2v) is 5.80. The molecule has 24 heavy (non-hydrogen) atoms. The zero-order valence-corrected chi connectivity index (χ0v) is 13.7. The topological polar surface area (TPSA) is 77.9 Å². The molecule has 0 spiro atoms. The number of ether oxygens (including phenoxy) is 2. The molecule has 1 aliphatic rings. The number of rotatable bonds is 3. The SMILES string of the molecule is COc1ncc(-n2nc(-c3cn[nH]c3)c3c2CCOCC3)cc1C. The van der Waals surface area contributed by atoms with Crippen molar-refractivity contribution in [3.8, 4) is 22.8 Å². The lowest BCUT2D eigenvalue weighted by atomic mass is 10.1. The Balaban J connectivity index is 1.88. The summed E-state index contributed by atoms with van der Waals surface area (Å²) in [5, 5.41) is 11.8. The summed E-state index contributed by atoms with van der Waals surface area (Å²) in [6.07, 6.45) is 7.14. The Bertz CT molecular complexity index is 854. The smallest absolute Gasteiger partial charge is 0.216 e. The molecule has 0 atom stereocenters. The highest BCUT2D eigenvalue weighted by molar-refractivity contribution is 5.64. The molecule has 1 aliphatic heterocycles. The van der Waals surface area contributed by atoms with E-state index in [2.05, 4.69) is 15.2 Å². The average Bonchev–Trinajstić information content (AvgIpc) is 3.17. The van der Waals surface area contributed by atoms with Gasteiger partial charge in [0, 0.05) is 29.3 Å². The van der Waals surface area contributed by atoms with E-state index >= 15 is 0 Å². The Kier molecular flexibility index (Phi) is 3.78. The largest absolute Gasteiger partial charge is 0.481 e. The van der Waals surface area contributed by atoms with E-state index < -0.39 is 0 Å². The first kappa shape index (κ1) is 14.9. The van der Waals surface area contributed by atoms with Gasteiger partial charge in [0.2, 0.25) is 5.88 Å². The summed E-state index contributed by atoms with van der Waals surface area (Å²) in [6.45, 7) is 3.40. The molecule has 0 amide bonds. The lowest BCUT2D eigenvalue weighted by molar-refractivity contribution is 0.145. The number of aromatic amines is 1. The van der Waals surface area contributed by atoms with Gasteiger partial charge in [-0.2, -0.15) is 10.2 Å². The minimum absolute atomic E-state index is 0.635. The molecule has 124 valence electrons. The fourth-order valence-electron chi connectivity index (χ4n) is 3.15. The fraction of sp³-hybridized carbons (Fsp3) is 0.353. The van der Waals surface area contributed by atoms with Crippen molar-refractivity contribution in [2.45, 2.75) is 19.8 Å². The molecule has 3 aromatic heterocycles. The van der Waals surface area contributed by atoms with E-state index in [9.17, 15) is 0 Å². The van der Waals surface area contributed by atoms with E-state index in [0.29, 0.717) is 19.1 Å². The van der Waals surface area contributed by atoms with Crippen LogP contribution < -0.4 is 4.74 Å². The number of aryl methyl sites for hydroxylation is 1. The molecule has 0 unspecified atom stereocenters. The molecule has 3 aromatic rings. The van der Waals surface area contributed by atoms with Crippen LogP contribution in [0.5, 0.6) is 5.88 Å². The van der Waals surface area contributed by atoms with Crippen LogP contribution in [0.3, 0.4) is 0 Å². The lowest BCUT2D eigenvalue weighted by Crippen LogP contribution is -2.06. The molecule has 7 nitrogen and oxygen atoms in total. The van der Waals surface area contributed by atoms with Crippen LogP contribution in [0.1, 0.15) is 16.8 Å². The second-order valence-electron chi connectivity index (χ2n) is 5.80. The Morgan fingerprint density at radius 2 is 2.12 bits per heavy atom. The summed E-state index contributed by atoms with van der Waals surface area (Å²) in [5.74, 6) is 0.635. The van der Waals surface area contributed by atoms with Gasteiger partial charge in [0.05, 0.1) is 49.8 Å². The molecule has 0 radical (unpaired) electrons. The van der Waals surface area contributed by atoms with E-state index in [1.54, 1.807) is 19.5 Å². The van der Waals surface area contributed by atoms with Gasteiger partial charge in [0.25, 0.3) is 0 Å². The molecule has 7 heteroatoms. The summed E-state index contributed by atoms with van der Waals surface area (Å²) in [4.78, 5) is 4.38. The van der Waals surface area contributed by atoms with Crippen LogP contribution in [0.2, 0.25) is 0 Å². The van der Waals surface area contributed by atoms with Gasteiger partial charge in [-0.25, -0.2) is 9.67 Å². The number of hydrogen-bond acceptors (Lipinski definition) is 5. The number of aromatic nitrogens is 5. The maximum atomic E-state index is 5.66. The third-order valence-electron chi connectivity index (χ3n) is 4.29. The third-order valence-corrected chi connectivity index (χ3v) is 4.29. The van der Waals surface area contributed by atoms with Gasteiger partial charge in [0.15, 0.2) is 0 Å². The van der Waals surface area contributed by atoms with Crippen molar-refractivity contribution in [1.82, 2.24) is 25.0 Å². The quantitative estimate of drug-likeness (QED) is 0.798. The molecule has 0 fully saturated rings. The van der Waals surface area contributed by atoms with Gasteiger partial charge in [-0.15, -0.1) is 0 Å². The Hall–Kier alpha value is -2.67. The maximum Gasteiger partial charge on any atom is 0.216 e. The Morgan fingerprint density at radius 3 is 2.88 bits per heavy atom. The summed E-state index contributed by atoms with van der Waals surface area (Å²) >= 11 is 0. The van der Waals surface area contributed by atoms with Crippen LogP contribution in [0.25, 0.3) is 16.9 Å². The van der Waals surface area contributed by atoms with Crippen molar-refractivity contribution >= 4 is 0 Å². The van der Waals surface area contributed by atoms with E-state index in [0.717, 1.165) is 35.3 Å². The van der Waals surface area contributed by atoms with E-state index in [4.69, 9.17) is 14.6 Å². The van der Waals surface area contributed by atoms with Gasteiger partial charge >= 0.3 is 0 Å². The normalized spacial score (nSPS) is 14.2. The molecule has 0 saturated carbocycles. The standard InChI is InChI=1S/C17H19N5O2/c1-11-7-13(10-18-17(11)23-2)22-15-4-6-24-5-3-14(15)16(21-22)12-8-19-20-9-12/h7-10H,3-6H2,1-2H3,(H,19,20). The first-order valence-electron chi connectivity index (χ1n) is 7.96. The third kappa shape index (κ3) is 2.46. The monoisotopic (exact) mass is 325 g/mol.